The Bertz CT molecular complexity index is 831. The Labute approximate surface area is 145 Å². The molecule has 0 aliphatic carbocycles. The van der Waals surface area contributed by atoms with Gasteiger partial charge in [-0.3, -0.25) is 14.2 Å². The first-order valence-electron chi connectivity index (χ1n) is 8.09. The lowest BCUT2D eigenvalue weighted by atomic mass is 10.1. The number of benzene rings is 1. The summed E-state index contributed by atoms with van der Waals surface area (Å²) in [7, 11) is 0. The number of aromatic nitrogens is 2. The second-order valence-corrected chi connectivity index (χ2v) is 7.00. The van der Waals surface area contributed by atoms with E-state index in [0.717, 1.165) is 11.3 Å². The second-order valence-electron chi connectivity index (χ2n) is 6.02. The van der Waals surface area contributed by atoms with Gasteiger partial charge in [0.1, 0.15) is 0 Å². The summed E-state index contributed by atoms with van der Waals surface area (Å²) in [6, 6.07) is 7.89. The number of anilines is 1. The van der Waals surface area contributed by atoms with Crippen molar-refractivity contribution < 1.29 is 4.79 Å². The summed E-state index contributed by atoms with van der Waals surface area (Å²) in [5, 5.41) is 0.702. The van der Waals surface area contributed by atoms with E-state index in [1.54, 1.807) is 17.7 Å². The van der Waals surface area contributed by atoms with Crippen molar-refractivity contribution in [3.05, 3.63) is 51.9 Å². The van der Waals surface area contributed by atoms with Crippen LogP contribution in [0, 0.1) is 19.8 Å². The van der Waals surface area contributed by atoms with Crippen LogP contribution in [-0.4, -0.2) is 27.8 Å². The van der Waals surface area contributed by atoms with Crippen LogP contribution >= 0.6 is 11.8 Å². The van der Waals surface area contributed by atoms with Gasteiger partial charge < -0.3 is 4.90 Å². The van der Waals surface area contributed by atoms with Gasteiger partial charge in [-0.25, -0.2) is 4.98 Å². The highest BCUT2D eigenvalue weighted by Crippen LogP contribution is 2.28. The summed E-state index contributed by atoms with van der Waals surface area (Å²) in [5.74, 6) is 0.498. The van der Waals surface area contributed by atoms with Gasteiger partial charge in [0.15, 0.2) is 5.16 Å². The summed E-state index contributed by atoms with van der Waals surface area (Å²) in [5.41, 5.74) is 2.57. The zero-order valence-corrected chi connectivity index (χ0v) is 15.0. The Kier molecular flexibility index (Phi) is 4.76. The zero-order valence-electron chi connectivity index (χ0n) is 14.2. The van der Waals surface area contributed by atoms with Gasteiger partial charge in [-0.05, 0) is 32.4 Å². The highest BCUT2D eigenvalue weighted by atomic mass is 32.2. The maximum atomic E-state index is 13.1. The fourth-order valence-electron chi connectivity index (χ4n) is 2.98. The number of rotatable bonds is 3. The molecule has 0 saturated heterocycles. The van der Waals surface area contributed by atoms with Crippen LogP contribution in [0.25, 0.3) is 0 Å². The molecule has 24 heavy (non-hydrogen) atoms. The van der Waals surface area contributed by atoms with Crippen LogP contribution in [0.4, 0.5) is 5.69 Å². The van der Waals surface area contributed by atoms with Crippen LogP contribution in [0.3, 0.4) is 0 Å². The average Bonchev–Trinajstić information content (AvgIpc) is 2.60. The van der Waals surface area contributed by atoms with E-state index in [1.807, 2.05) is 43.0 Å². The molecule has 1 aromatic heterocycles. The second kappa shape index (κ2) is 6.81. The normalized spacial score (nSPS) is 16.5. The number of para-hydroxylation sites is 1. The molecule has 1 aliphatic rings. The number of nitrogens with zero attached hydrogens (tertiary/aromatic N) is 3. The molecule has 1 aromatic carbocycles. The Morgan fingerprint density at radius 3 is 2.79 bits per heavy atom. The highest BCUT2D eigenvalue weighted by molar-refractivity contribution is 7.99. The minimum atomic E-state index is -0.219. The number of thioether (sulfide) groups is 1. The van der Waals surface area contributed by atoms with Crippen molar-refractivity contribution in [3.8, 4) is 0 Å². The molecule has 0 radical (unpaired) electrons. The molecule has 1 unspecified atom stereocenters. The molecular formula is C18H21N3O2S. The third-order valence-corrected chi connectivity index (χ3v) is 5.49. The fraction of sp³-hybridized carbons (Fsp3) is 0.389. The van der Waals surface area contributed by atoms with Crippen molar-refractivity contribution >= 4 is 23.4 Å². The predicted octanol–water partition coefficient (Wildman–Crippen LogP) is 2.64. The van der Waals surface area contributed by atoms with Gasteiger partial charge in [-0.1, -0.05) is 30.0 Å². The molecule has 1 atom stereocenters. The van der Waals surface area contributed by atoms with Crippen molar-refractivity contribution in [2.24, 2.45) is 5.92 Å². The van der Waals surface area contributed by atoms with E-state index in [-0.39, 0.29) is 17.4 Å². The molecule has 2 aromatic rings. The summed E-state index contributed by atoms with van der Waals surface area (Å²) < 4.78 is 1.64. The summed E-state index contributed by atoms with van der Waals surface area (Å²) in [4.78, 5) is 31.5. The molecule has 1 amide bonds. The zero-order chi connectivity index (χ0) is 17.3. The van der Waals surface area contributed by atoms with Gasteiger partial charge in [0.2, 0.25) is 5.91 Å². The number of amides is 1. The number of hydrogen-bond donors (Lipinski definition) is 0. The van der Waals surface area contributed by atoms with Crippen molar-refractivity contribution in [1.29, 1.82) is 0 Å². The van der Waals surface area contributed by atoms with Crippen molar-refractivity contribution in [2.75, 3.05) is 17.2 Å². The number of hydrogen-bond acceptors (Lipinski definition) is 4. The van der Waals surface area contributed by atoms with Gasteiger partial charge in [-0.15, -0.1) is 0 Å². The van der Waals surface area contributed by atoms with Crippen LogP contribution < -0.4 is 10.5 Å². The number of carbonyl (C=O) groups excluding carboxylic acids is 1. The maximum absolute atomic E-state index is 13.1. The van der Waals surface area contributed by atoms with Crippen LogP contribution in [0.1, 0.15) is 18.1 Å². The quantitative estimate of drug-likeness (QED) is 0.804. The molecule has 0 fully saturated rings. The van der Waals surface area contributed by atoms with E-state index in [4.69, 9.17) is 0 Å². The molecule has 0 saturated carbocycles. The first-order chi connectivity index (χ1) is 11.5. The number of aryl methyl sites for hydroxylation is 2. The Morgan fingerprint density at radius 2 is 2.08 bits per heavy atom. The lowest BCUT2D eigenvalue weighted by Crippen LogP contribution is -2.43. The minimum Gasteiger partial charge on any atom is -0.312 e. The van der Waals surface area contributed by atoms with E-state index in [2.05, 4.69) is 4.98 Å². The van der Waals surface area contributed by atoms with Gasteiger partial charge in [0.05, 0.1) is 5.92 Å². The molecule has 0 bridgehead atoms. The van der Waals surface area contributed by atoms with E-state index < -0.39 is 0 Å². The van der Waals surface area contributed by atoms with E-state index in [9.17, 15) is 9.59 Å². The van der Waals surface area contributed by atoms with Crippen molar-refractivity contribution in [2.45, 2.75) is 32.5 Å². The largest absolute Gasteiger partial charge is 0.312 e. The molecule has 1 aliphatic heterocycles. The van der Waals surface area contributed by atoms with E-state index in [0.29, 0.717) is 29.6 Å². The Balaban J connectivity index is 1.89. The molecule has 0 N–H and O–H groups in total. The van der Waals surface area contributed by atoms with E-state index in [1.165, 1.54) is 11.8 Å². The molecule has 6 heteroatoms. The molecule has 5 nitrogen and oxygen atoms in total. The fourth-order valence-corrected chi connectivity index (χ4v) is 4.02. The van der Waals surface area contributed by atoms with E-state index >= 15 is 0 Å². The standard InChI is InChI=1S/C18H21N3O2S/c1-4-20(15-8-6-5-7-12(15)2)17(23)14-10-21-16(22)13(3)9-19-18(21)24-11-14/h5-9,14H,4,10-11H2,1-3H3. The smallest absolute Gasteiger partial charge is 0.257 e. The number of fused-ring (bicyclic) bond motifs is 1. The van der Waals surface area contributed by atoms with Gasteiger partial charge in [0.25, 0.3) is 5.56 Å². The minimum absolute atomic E-state index is 0.0519. The third-order valence-electron chi connectivity index (χ3n) is 4.34. The summed E-state index contributed by atoms with van der Waals surface area (Å²) >= 11 is 1.48. The Hall–Kier alpha value is -2.08. The third kappa shape index (κ3) is 2.98. The Morgan fingerprint density at radius 1 is 1.33 bits per heavy atom. The van der Waals surface area contributed by atoms with Gasteiger partial charge in [0, 0.05) is 36.3 Å². The lowest BCUT2D eigenvalue weighted by molar-refractivity contribution is -0.122. The van der Waals surface area contributed by atoms with Crippen molar-refractivity contribution in [1.82, 2.24) is 9.55 Å². The van der Waals surface area contributed by atoms with Crippen molar-refractivity contribution in [3.63, 3.8) is 0 Å². The SMILES string of the molecule is CCN(C(=O)C1CSc2ncc(C)c(=O)n2C1)c1ccccc1C. The first kappa shape index (κ1) is 16.8. The molecule has 126 valence electrons. The monoisotopic (exact) mass is 343 g/mol. The van der Waals surface area contributed by atoms with Crippen LogP contribution in [-0.2, 0) is 11.3 Å². The molecule has 0 spiro atoms. The maximum Gasteiger partial charge on any atom is 0.257 e. The lowest BCUT2D eigenvalue weighted by Gasteiger charge is -2.30. The topological polar surface area (TPSA) is 55.2 Å². The average molecular weight is 343 g/mol. The predicted molar refractivity (Wildman–Crippen MR) is 96.7 cm³/mol. The summed E-state index contributed by atoms with van der Waals surface area (Å²) in [6.07, 6.45) is 1.61. The molecule has 3 rings (SSSR count). The van der Waals surface area contributed by atoms with Gasteiger partial charge in [-0.2, -0.15) is 0 Å². The van der Waals surface area contributed by atoms with Crippen LogP contribution in [0.5, 0.6) is 0 Å². The summed E-state index contributed by atoms with van der Waals surface area (Å²) in [6.45, 7) is 6.75. The van der Waals surface area contributed by atoms with Crippen LogP contribution in [0.15, 0.2) is 40.4 Å². The highest BCUT2D eigenvalue weighted by Gasteiger charge is 2.30. The molecule has 2 heterocycles. The van der Waals surface area contributed by atoms with Crippen LogP contribution in [0.2, 0.25) is 0 Å². The first-order valence-corrected chi connectivity index (χ1v) is 9.07. The number of carbonyl (C=O) groups is 1. The van der Waals surface area contributed by atoms with Gasteiger partial charge >= 0.3 is 0 Å². The molecular weight excluding hydrogens is 322 g/mol.